The third-order valence-electron chi connectivity index (χ3n) is 1.83. The van der Waals surface area contributed by atoms with Gasteiger partial charge in [-0.3, -0.25) is 0 Å². The van der Waals surface area contributed by atoms with Crippen LogP contribution in [0.2, 0.25) is 0 Å². The van der Waals surface area contributed by atoms with Crippen molar-refractivity contribution in [3.05, 3.63) is 29.6 Å². The average Bonchev–Trinajstić information content (AvgIpc) is 2.04. The van der Waals surface area contributed by atoms with E-state index in [1.54, 1.807) is 0 Å². The lowest BCUT2D eigenvalue weighted by molar-refractivity contribution is 0.275. The minimum Gasteiger partial charge on any atom is -0.508 e. The summed E-state index contributed by atoms with van der Waals surface area (Å²) in [5, 5.41) is 17.9. The third kappa shape index (κ3) is 2.40. The summed E-state index contributed by atoms with van der Waals surface area (Å²) >= 11 is 0. The summed E-state index contributed by atoms with van der Waals surface area (Å²) < 4.78 is 12.5. The van der Waals surface area contributed by atoms with Crippen LogP contribution in [0.4, 0.5) is 4.39 Å². The second kappa shape index (κ2) is 4.20. The van der Waals surface area contributed by atoms with E-state index in [4.69, 9.17) is 10.8 Å². The molecule has 1 rings (SSSR count). The minimum atomic E-state index is -0.502. The van der Waals surface area contributed by atoms with Gasteiger partial charge in [0.25, 0.3) is 0 Å². The van der Waals surface area contributed by atoms with E-state index in [9.17, 15) is 9.50 Å². The molecule has 4 heteroatoms. The molecule has 1 aromatic rings. The van der Waals surface area contributed by atoms with Gasteiger partial charge in [-0.1, -0.05) is 6.07 Å². The highest BCUT2D eigenvalue weighted by atomic mass is 19.1. The normalized spacial score (nSPS) is 12.8. The van der Waals surface area contributed by atoms with Gasteiger partial charge in [0.15, 0.2) is 0 Å². The quantitative estimate of drug-likeness (QED) is 0.655. The van der Waals surface area contributed by atoms with Crippen molar-refractivity contribution in [2.45, 2.75) is 12.5 Å². The van der Waals surface area contributed by atoms with Crippen molar-refractivity contribution in [2.75, 3.05) is 6.61 Å². The van der Waals surface area contributed by atoms with E-state index in [1.165, 1.54) is 12.1 Å². The van der Waals surface area contributed by atoms with Crippen LogP contribution in [0, 0.1) is 5.82 Å². The van der Waals surface area contributed by atoms with Crippen LogP contribution in [0.15, 0.2) is 18.2 Å². The standard InChI is InChI=1S/C9H12FNO2/c10-6-1-2-7(9(13)5-6)8(11)3-4-12/h1-2,5,8,12-13H,3-4,11H2. The zero-order valence-electron chi connectivity index (χ0n) is 7.07. The van der Waals surface area contributed by atoms with E-state index in [2.05, 4.69) is 0 Å². The number of aliphatic hydroxyl groups excluding tert-OH is 1. The predicted molar refractivity (Wildman–Crippen MR) is 46.7 cm³/mol. The largest absolute Gasteiger partial charge is 0.508 e. The number of phenols is 1. The van der Waals surface area contributed by atoms with Crippen LogP contribution in [0.3, 0.4) is 0 Å². The summed E-state index contributed by atoms with van der Waals surface area (Å²) in [6.07, 6.45) is 0.346. The Balaban J connectivity index is 2.88. The summed E-state index contributed by atoms with van der Waals surface area (Å²) in [6.45, 7) is -0.0576. The van der Waals surface area contributed by atoms with Crippen LogP contribution in [0.1, 0.15) is 18.0 Å². The van der Waals surface area contributed by atoms with E-state index in [1.807, 2.05) is 0 Å². The molecule has 3 nitrogen and oxygen atoms in total. The molecule has 0 spiro atoms. The molecule has 0 saturated heterocycles. The summed E-state index contributed by atoms with van der Waals surface area (Å²) in [6, 6.07) is 3.20. The minimum absolute atomic E-state index is 0.0576. The molecule has 0 bridgehead atoms. The van der Waals surface area contributed by atoms with Crippen LogP contribution in [-0.2, 0) is 0 Å². The Hall–Kier alpha value is -1.13. The Kier molecular flexibility index (Phi) is 3.22. The molecule has 4 N–H and O–H groups in total. The molecule has 72 valence electrons. The lowest BCUT2D eigenvalue weighted by Crippen LogP contribution is -2.12. The molecular formula is C9H12FNO2. The molecule has 1 aromatic carbocycles. The van der Waals surface area contributed by atoms with Crippen molar-refractivity contribution in [3.63, 3.8) is 0 Å². The topological polar surface area (TPSA) is 66.5 Å². The van der Waals surface area contributed by atoms with Gasteiger partial charge in [0.1, 0.15) is 11.6 Å². The molecule has 0 fully saturated rings. The van der Waals surface area contributed by atoms with Gasteiger partial charge < -0.3 is 15.9 Å². The highest BCUT2D eigenvalue weighted by Crippen LogP contribution is 2.24. The van der Waals surface area contributed by atoms with Gasteiger partial charge in [-0.2, -0.15) is 0 Å². The van der Waals surface area contributed by atoms with Gasteiger partial charge in [0, 0.05) is 24.3 Å². The van der Waals surface area contributed by atoms with Crippen LogP contribution >= 0.6 is 0 Å². The van der Waals surface area contributed by atoms with E-state index in [-0.39, 0.29) is 12.4 Å². The highest BCUT2D eigenvalue weighted by molar-refractivity contribution is 5.34. The Labute approximate surface area is 75.6 Å². The molecular weight excluding hydrogens is 173 g/mol. The third-order valence-corrected chi connectivity index (χ3v) is 1.83. The zero-order valence-corrected chi connectivity index (χ0v) is 7.07. The van der Waals surface area contributed by atoms with Crippen molar-refractivity contribution in [2.24, 2.45) is 5.73 Å². The maximum Gasteiger partial charge on any atom is 0.126 e. The van der Waals surface area contributed by atoms with Crippen molar-refractivity contribution in [3.8, 4) is 5.75 Å². The predicted octanol–water partition coefficient (Wildman–Crippen LogP) is 0.913. The number of benzene rings is 1. The van der Waals surface area contributed by atoms with Gasteiger partial charge >= 0.3 is 0 Å². The SMILES string of the molecule is NC(CCO)c1ccc(F)cc1O. The molecule has 1 unspecified atom stereocenters. The van der Waals surface area contributed by atoms with Crippen molar-refractivity contribution < 1.29 is 14.6 Å². The van der Waals surface area contributed by atoms with E-state index >= 15 is 0 Å². The summed E-state index contributed by atoms with van der Waals surface area (Å²) in [7, 11) is 0. The van der Waals surface area contributed by atoms with E-state index < -0.39 is 11.9 Å². The fraction of sp³-hybridized carbons (Fsp3) is 0.333. The number of nitrogens with two attached hydrogens (primary N) is 1. The van der Waals surface area contributed by atoms with E-state index in [0.29, 0.717) is 12.0 Å². The first-order valence-electron chi connectivity index (χ1n) is 4.00. The fourth-order valence-electron chi connectivity index (χ4n) is 1.12. The Bertz CT molecular complexity index is 291. The molecule has 1 atom stereocenters. The Morgan fingerprint density at radius 2 is 2.15 bits per heavy atom. The molecule has 0 amide bonds. The first-order chi connectivity index (χ1) is 6.15. The molecule has 0 heterocycles. The number of hydrogen-bond donors (Lipinski definition) is 3. The van der Waals surface area contributed by atoms with E-state index in [0.717, 1.165) is 6.07 Å². The number of aliphatic hydroxyl groups is 1. The monoisotopic (exact) mass is 185 g/mol. The van der Waals surface area contributed by atoms with Crippen LogP contribution in [0.25, 0.3) is 0 Å². The summed E-state index contributed by atoms with van der Waals surface area (Å²) in [5.74, 6) is -0.668. The molecule has 0 radical (unpaired) electrons. The van der Waals surface area contributed by atoms with Crippen LogP contribution in [0.5, 0.6) is 5.75 Å². The average molecular weight is 185 g/mol. The van der Waals surface area contributed by atoms with Crippen LogP contribution < -0.4 is 5.73 Å². The zero-order chi connectivity index (χ0) is 9.84. The molecule has 0 saturated carbocycles. The number of phenolic OH excluding ortho intramolecular Hbond substituents is 1. The second-order valence-corrected chi connectivity index (χ2v) is 2.82. The smallest absolute Gasteiger partial charge is 0.126 e. The first kappa shape index (κ1) is 9.95. The highest BCUT2D eigenvalue weighted by Gasteiger charge is 2.10. The van der Waals surface area contributed by atoms with Crippen molar-refractivity contribution in [1.82, 2.24) is 0 Å². The van der Waals surface area contributed by atoms with Gasteiger partial charge in [-0.25, -0.2) is 4.39 Å². The van der Waals surface area contributed by atoms with Crippen LogP contribution in [-0.4, -0.2) is 16.8 Å². The van der Waals surface area contributed by atoms with Gasteiger partial charge in [0.2, 0.25) is 0 Å². The number of aromatic hydroxyl groups is 1. The lowest BCUT2D eigenvalue weighted by atomic mass is 10.0. The fourth-order valence-corrected chi connectivity index (χ4v) is 1.12. The maximum atomic E-state index is 12.5. The summed E-state index contributed by atoms with van der Waals surface area (Å²) in [4.78, 5) is 0. The second-order valence-electron chi connectivity index (χ2n) is 2.82. The summed E-state index contributed by atoms with van der Waals surface area (Å²) in [5.41, 5.74) is 6.07. The van der Waals surface area contributed by atoms with Crippen molar-refractivity contribution in [1.29, 1.82) is 0 Å². The Morgan fingerprint density at radius 1 is 1.46 bits per heavy atom. The molecule has 0 aliphatic carbocycles. The Morgan fingerprint density at radius 3 is 2.69 bits per heavy atom. The number of hydrogen-bond acceptors (Lipinski definition) is 3. The molecule has 0 aliphatic heterocycles. The molecule has 13 heavy (non-hydrogen) atoms. The molecule has 0 aromatic heterocycles. The maximum absolute atomic E-state index is 12.5. The number of rotatable bonds is 3. The molecule has 0 aliphatic rings. The van der Waals surface area contributed by atoms with Gasteiger partial charge in [-0.05, 0) is 12.5 Å². The van der Waals surface area contributed by atoms with Crippen molar-refractivity contribution >= 4 is 0 Å². The first-order valence-corrected chi connectivity index (χ1v) is 4.00. The van der Waals surface area contributed by atoms with Gasteiger partial charge in [0.05, 0.1) is 0 Å². The lowest BCUT2D eigenvalue weighted by Gasteiger charge is -2.11. The number of halogens is 1. The van der Waals surface area contributed by atoms with Gasteiger partial charge in [-0.15, -0.1) is 0 Å².